The van der Waals surface area contributed by atoms with Crippen LogP contribution in [0.5, 0.6) is 0 Å². The van der Waals surface area contributed by atoms with Gasteiger partial charge >= 0.3 is 0 Å². The van der Waals surface area contributed by atoms with Crippen LogP contribution in [0.15, 0.2) is 10.5 Å². The smallest absolute Gasteiger partial charge is 0.0480 e. The third-order valence-corrected chi connectivity index (χ3v) is 6.17. The zero-order valence-electron chi connectivity index (χ0n) is 11.7. The van der Waals surface area contributed by atoms with E-state index in [-0.39, 0.29) is 0 Å². The molecule has 1 unspecified atom stereocenters. The number of halogens is 1. The number of hydrogen-bond donors (Lipinski definition) is 1. The van der Waals surface area contributed by atoms with E-state index in [4.69, 9.17) is 0 Å². The number of rotatable bonds is 5. The third kappa shape index (κ3) is 3.00. The van der Waals surface area contributed by atoms with Crippen LogP contribution in [0.4, 0.5) is 0 Å². The Morgan fingerprint density at radius 1 is 1.44 bits per heavy atom. The third-order valence-electron chi connectivity index (χ3n) is 4.14. The molecule has 18 heavy (non-hydrogen) atoms. The Balaban J connectivity index is 2.27. The Morgan fingerprint density at radius 2 is 2.11 bits per heavy atom. The average Bonchev–Trinajstić information content (AvgIpc) is 2.87. The van der Waals surface area contributed by atoms with Crippen LogP contribution in [0.25, 0.3) is 0 Å². The van der Waals surface area contributed by atoms with Crippen LogP contribution in [0.1, 0.15) is 61.7 Å². The zero-order chi connectivity index (χ0) is 13.2. The summed E-state index contributed by atoms with van der Waals surface area (Å²) in [5.41, 5.74) is 0.439. The first-order chi connectivity index (χ1) is 8.57. The molecule has 1 N–H and O–H groups in total. The van der Waals surface area contributed by atoms with Crippen LogP contribution in [-0.2, 0) is 0 Å². The Labute approximate surface area is 123 Å². The van der Waals surface area contributed by atoms with E-state index < -0.39 is 0 Å². The van der Waals surface area contributed by atoms with Gasteiger partial charge in [0.1, 0.15) is 0 Å². The first kappa shape index (κ1) is 14.5. The predicted octanol–water partition coefficient (Wildman–Crippen LogP) is 5.44. The summed E-state index contributed by atoms with van der Waals surface area (Å²) >= 11 is 5.70. The Bertz CT molecular complexity index is 393. The average molecular weight is 330 g/mol. The van der Waals surface area contributed by atoms with E-state index in [0.717, 1.165) is 6.54 Å². The van der Waals surface area contributed by atoms with Crippen LogP contribution < -0.4 is 5.32 Å². The van der Waals surface area contributed by atoms with Crippen LogP contribution in [0.3, 0.4) is 0 Å². The summed E-state index contributed by atoms with van der Waals surface area (Å²) in [6.45, 7) is 8.03. The maximum Gasteiger partial charge on any atom is 0.0480 e. The molecule has 1 atom stereocenters. The van der Waals surface area contributed by atoms with Gasteiger partial charge in [-0.3, -0.25) is 0 Å². The van der Waals surface area contributed by atoms with E-state index in [9.17, 15) is 0 Å². The number of nitrogens with one attached hydrogen (secondary N) is 1. The van der Waals surface area contributed by atoms with Gasteiger partial charge in [-0.1, -0.05) is 26.7 Å². The molecule has 0 aliphatic heterocycles. The molecule has 0 spiro atoms. The molecule has 0 aromatic carbocycles. The van der Waals surface area contributed by atoms with Crippen LogP contribution in [0.2, 0.25) is 0 Å². The topological polar surface area (TPSA) is 12.0 Å². The highest BCUT2D eigenvalue weighted by Gasteiger charge is 2.39. The summed E-state index contributed by atoms with van der Waals surface area (Å²) in [4.78, 5) is 2.91. The van der Waals surface area contributed by atoms with Crippen molar-refractivity contribution in [3.05, 3.63) is 20.3 Å². The summed E-state index contributed by atoms with van der Waals surface area (Å²) in [5, 5.41) is 3.80. The molecule has 1 aromatic rings. The van der Waals surface area contributed by atoms with Gasteiger partial charge in [0.2, 0.25) is 0 Å². The summed E-state index contributed by atoms with van der Waals surface area (Å²) in [6.07, 6.45) is 6.70. The highest BCUT2D eigenvalue weighted by Crippen LogP contribution is 2.50. The van der Waals surface area contributed by atoms with E-state index in [1.165, 1.54) is 46.3 Å². The molecule has 1 heterocycles. The molecule has 1 aromatic heterocycles. The molecule has 1 nitrogen and oxygen atoms in total. The maximum absolute atomic E-state index is 3.80. The molecule has 0 bridgehead atoms. The summed E-state index contributed by atoms with van der Waals surface area (Å²) in [5.74, 6) is 0. The quantitative estimate of drug-likeness (QED) is 0.758. The molecular formula is C15H24BrNS. The maximum atomic E-state index is 3.80. The van der Waals surface area contributed by atoms with E-state index in [0.29, 0.717) is 11.5 Å². The van der Waals surface area contributed by atoms with Gasteiger partial charge in [-0.2, -0.15) is 0 Å². The molecule has 0 amide bonds. The van der Waals surface area contributed by atoms with Gasteiger partial charge in [0.05, 0.1) is 0 Å². The SMILES string of the molecule is CCCNC(c1sc(C)cc1Br)C1(C)CCCC1. The normalized spacial score (nSPS) is 20.2. The highest BCUT2D eigenvalue weighted by atomic mass is 79.9. The van der Waals surface area contributed by atoms with Gasteiger partial charge in [0, 0.05) is 20.3 Å². The lowest BCUT2D eigenvalue weighted by molar-refractivity contribution is 0.226. The van der Waals surface area contributed by atoms with Crippen molar-refractivity contribution in [3.63, 3.8) is 0 Å². The highest BCUT2D eigenvalue weighted by molar-refractivity contribution is 9.10. The Hall–Kier alpha value is 0.140. The molecule has 1 aliphatic carbocycles. The van der Waals surface area contributed by atoms with Crippen molar-refractivity contribution in [3.8, 4) is 0 Å². The van der Waals surface area contributed by atoms with Gasteiger partial charge in [0.25, 0.3) is 0 Å². The van der Waals surface area contributed by atoms with Crippen molar-refractivity contribution in [1.29, 1.82) is 0 Å². The molecule has 2 rings (SSSR count). The fourth-order valence-electron chi connectivity index (χ4n) is 3.11. The minimum absolute atomic E-state index is 0.439. The van der Waals surface area contributed by atoms with Crippen molar-refractivity contribution in [2.45, 2.75) is 58.9 Å². The molecular weight excluding hydrogens is 306 g/mol. The lowest BCUT2D eigenvalue weighted by atomic mass is 9.79. The number of thiophene rings is 1. The predicted molar refractivity (Wildman–Crippen MR) is 84.4 cm³/mol. The first-order valence-electron chi connectivity index (χ1n) is 7.06. The summed E-state index contributed by atoms with van der Waals surface area (Å²) < 4.78 is 1.30. The first-order valence-corrected chi connectivity index (χ1v) is 8.67. The molecule has 0 saturated heterocycles. The van der Waals surface area contributed by atoms with Gasteiger partial charge < -0.3 is 5.32 Å². The number of hydrogen-bond acceptors (Lipinski definition) is 2. The Kier molecular flexibility index (Phi) is 4.90. The van der Waals surface area contributed by atoms with Crippen LogP contribution >= 0.6 is 27.3 Å². The van der Waals surface area contributed by atoms with E-state index >= 15 is 0 Å². The molecule has 3 heteroatoms. The van der Waals surface area contributed by atoms with Gasteiger partial charge in [-0.05, 0) is 60.1 Å². The van der Waals surface area contributed by atoms with Crippen molar-refractivity contribution < 1.29 is 0 Å². The molecule has 102 valence electrons. The Morgan fingerprint density at radius 3 is 2.61 bits per heavy atom. The van der Waals surface area contributed by atoms with Crippen molar-refractivity contribution in [1.82, 2.24) is 5.32 Å². The minimum atomic E-state index is 0.439. The van der Waals surface area contributed by atoms with Crippen molar-refractivity contribution in [2.75, 3.05) is 6.54 Å². The second kappa shape index (κ2) is 6.06. The van der Waals surface area contributed by atoms with Gasteiger partial charge in [-0.15, -0.1) is 11.3 Å². The zero-order valence-corrected chi connectivity index (χ0v) is 14.1. The van der Waals surface area contributed by atoms with Crippen LogP contribution in [-0.4, -0.2) is 6.54 Å². The van der Waals surface area contributed by atoms with E-state index in [1.54, 1.807) is 0 Å². The number of aryl methyl sites for hydroxylation is 1. The van der Waals surface area contributed by atoms with Crippen LogP contribution in [0, 0.1) is 12.3 Å². The van der Waals surface area contributed by atoms with E-state index in [2.05, 4.69) is 48.1 Å². The molecule has 1 saturated carbocycles. The molecule has 0 radical (unpaired) electrons. The second-order valence-electron chi connectivity index (χ2n) is 5.82. The van der Waals surface area contributed by atoms with E-state index in [1.807, 2.05) is 11.3 Å². The minimum Gasteiger partial charge on any atom is -0.309 e. The van der Waals surface area contributed by atoms with Crippen molar-refractivity contribution >= 4 is 27.3 Å². The molecule has 1 aliphatic rings. The lowest BCUT2D eigenvalue weighted by Crippen LogP contribution is -2.34. The second-order valence-corrected chi connectivity index (χ2v) is 7.96. The standard InChI is InChI=1S/C15H24BrNS/c1-4-9-17-14(15(3)7-5-6-8-15)13-12(16)10-11(2)18-13/h10,14,17H,4-9H2,1-3H3. The fraction of sp³-hybridized carbons (Fsp3) is 0.733. The van der Waals surface area contributed by atoms with Gasteiger partial charge in [0.15, 0.2) is 0 Å². The summed E-state index contributed by atoms with van der Waals surface area (Å²) in [6, 6.07) is 2.78. The van der Waals surface area contributed by atoms with Gasteiger partial charge in [-0.25, -0.2) is 0 Å². The largest absolute Gasteiger partial charge is 0.309 e. The monoisotopic (exact) mass is 329 g/mol. The fourth-order valence-corrected chi connectivity index (χ4v) is 5.25. The summed E-state index contributed by atoms with van der Waals surface area (Å²) in [7, 11) is 0. The molecule has 1 fully saturated rings. The lowest BCUT2D eigenvalue weighted by Gasteiger charge is -2.34. The van der Waals surface area contributed by atoms with Crippen molar-refractivity contribution in [2.24, 2.45) is 5.41 Å².